The van der Waals surface area contributed by atoms with Gasteiger partial charge in [-0.1, -0.05) is 0 Å². The van der Waals surface area contributed by atoms with Crippen LogP contribution in [0.1, 0.15) is 54.9 Å². The van der Waals surface area contributed by atoms with Gasteiger partial charge in [0.1, 0.15) is 5.60 Å². The summed E-state index contributed by atoms with van der Waals surface area (Å²) < 4.78 is 11.1. The fourth-order valence-corrected chi connectivity index (χ4v) is 2.55. The van der Waals surface area contributed by atoms with Crippen molar-refractivity contribution in [2.24, 2.45) is 0 Å². The molecule has 3 unspecified atom stereocenters. The molecule has 1 aliphatic rings. The summed E-state index contributed by atoms with van der Waals surface area (Å²) in [6, 6.07) is 0.181. The number of nitrogens with one attached hydrogen (secondary N) is 3. The Labute approximate surface area is 141 Å². The van der Waals surface area contributed by atoms with Gasteiger partial charge in [-0.05, 0) is 54.9 Å². The molecule has 0 saturated heterocycles. The second kappa shape index (κ2) is 8.31. The molecule has 0 bridgehead atoms. The molecule has 6 nitrogen and oxygen atoms in total. The molecule has 3 atom stereocenters. The minimum atomic E-state index is -0.479. The molecule has 0 aliphatic heterocycles. The van der Waals surface area contributed by atoms with E-state index in [4.69, 9.17) is 9.47 Å². The van der Waals surface area contributed by atoms with Gasteiger partial charge in [-0.25, -0.2) is 4.79 Å². The smallest absolute Gasteiger partial charge is 0.407 e. The molecule has 23 heavy (non-hydrogen) atoms. The lowest BCUT2D eigenvalue weighted by Gasteiger charge is -2.45. The molecule has 1 saturated carbocycles. The van der Waals surface area contributed by atoms with Crippen LogP contribution >= 0.6 is 0 Å². The highest BCUT2D eigenvalue weighted by atomic mass is 16.6. The van der Waals surface area contributed by atoms with E-state index in [9.17, 15) is 4.79 Å². The van der Waals surface area contributed by atoms with Crippen molar-refractivity contribution in [1.82, 2.24) is 16.0 Å². The molecule has 0 radical (unpaired) electrons. The quantitative estimate of drug-likeness (QED) is 0.624. The first-order valence-corrected chi connectivity index (χ1v) is 8.61. The number of amides is 1. The summed E-state index contributed by atoms with van der Waals surface area (Å²) in [7, 11) is 0. The van der Waals surface area contributed by atoms with E-state index in [1.807, 2.05) is 27.7 Å². The molecule has 136 valence electrons. The minimum Gasteiger partial charge on any atom is -0.444 e. The van der Waals surface area contributed by atoms with Crippen LogP contribution in [-0.4, -0.2) is 55.1 Å². The Morgan fingerprint density at radius 1 is 1.13 bits per heavy atom. The number of carbonyl (C=O) groups excluding carboxylic acids is 1. The van der Waals surface area contributed by atoms with Crippen molar-refractivity contribution in [3.8, 4) is 0 Å². The summed E-state index contributed by atoms with van der Waals surface area (Å²) in [5.41, 5.74) is -0.374. The molecule has 1 fully saturated rings. The van der Waals surface area contributed by atoms with Gasteiger partial charge in [0.25, 0.3) is 0 Å². The number of hydrogen-bond donors (Lipinski definition) is 3. The van der Waals surface area contributed by atoms with Gasteiger partial charge in [0.15, 0.2) is 0 Å². The second-order valence-electron chi connectivity index (χ2n) is 8.14. The van der Waals surface area contributed by atoms with Crippen LogP contribution in [0.5, 0.6) is 0 Å². The Bertz CT molecular complexity index is 374. The number of ether oxygens (including phenoxy) is 2. The zero-order valence-electron chi connectivity index (χ0n) is 15.8. The molecule has 0 aromatic heterocycles. The standard InChI is InChI=1S/C17H35N3O3/c1-8-22-13-11-12(20-15(21)23-17(5,6)7)14(13)18-9-10-19-16(2,3)4/h12-14,18-19H,8-11H2,1-7H3,(H,20,21). The van der Waals surface area contributed by atoms with Gasteiger partial charge in [-0.15, -0.1) is 0 Å². The van der Waals surface area contributed by atoms with Crippen LogP contribution in [-0.2, 0) is 9.47 Å². The lowest BCUT2D eigenvalue weighted by Crippen LogP contribution is -2.66. The molecular weight excluding hydrogens is 294 g/mol. The Hall–Kier alpha value is -0.850. The first-order chi connectivity index (χ1) is 10.5. The summed E-state index contributed by atoms with van der Waals surface area (Å²) >= 11 is 0. The van der Waals surface area contributed by atoms with Crippen LogP contribution in [0.25, 0.3) is 0 Å². The third kappa shape index (κ3) is 7.99. The van der Waals surface area contributed by atoms with Crippen LogP contribution < -0.4 is 16.0 Å². The average molecular weight is 329 g/mol. The lowest BCUT2D eigenvalue weighted by molar-refractivity contribution is -0.0430. The zero-order chi connectivity index (χ0) is 17.7. The topological polar surface area (TPSA) is 71.6 Å². The van der Waals surface area contributed by atoms with Gasteiger partial charge in [0, 0.05) is 25.2 Å². The second-order valence-corrected chi connectivity index (χ2v) is 8.14. The fourth-order valence-electron chi connectivity index (χ4n) is 2.55. The molecular formula is C17H35N3O3. The van der Waals surface area contributed by atoms with Crippen molar-refractivity contribution >= 4 is 6.09 Å². The highest BCUT2D eigenvalue weighted by Gasteiger charge is 2.42. The highest BCUT2D eigenvalue weighted by molar-refractivity contribution is 5.68. The molecule has 0 heterocycles. The van der Waals surface area contributed by atoms with Gasteiger partial charge < -0.3 is 25.4 Å². The molecule has 0 aromatic carbocycles. The summed E-state index contributed by atoms with van der Waals surface area (Å²) in [6.07, 6.45) is 0.601. The van der Waals surface area contributed by atoms with E-state index >= 15 is 0 Å². The number of rotatable bonds is 7. The van der Waals surface area contributed by atoms with Gasteiger partial charge >= 0.3 is 6.09 Å². The van der Waals surface area contributed by atoms with E-state index in [0.29, 0.717) is 6.61 Å². The monoisotopic (exact) mass is 329 g/mol. The lowest BCUT2D eigenvalue weighted by atomic mass is 9.82. The van der Waals surface area contributed by atoms with Gasteiger partial charge in [-0.2, -0.15) is 0 Å². The summed E-state index contributed by atoms with van der Waals surface area (Å²) in [5, 5.41) is 9.88. The molecule has 1 rings (SSSR count). The maximum Gasteiger partial charge on any atom is 0.407 e. The van der Waals surface area contributed by atoms with Crippen LogP contribution in [0, 0.1) is 0 Å². The van der Waals surface area contributed by atoms with Crippen LogP contribution in [0.4, 0.5) is 4.79 Å². The summed E-state index contributed by atoms with van der Waals surface area (Å²) in [6.45, 7) is 16.4. The van der Waals surface area contributed by atoms with Crippen molar-refractivity contribution in [2.45, 2.75) is 84.2 Å². The third-order valence-corrected chi connectivity index (χ3v) is 3.56. The van der Waals surface area contributed by atoms with Crippen LogP contribution in [0.15, 0.2) is 0 Å². The number of carbonyl (C=O) groups is 1. The first kappa shape index (κ1) is 20.2. The molecule has 1 amide bonds. The minimum absolute atomic E-state index is 0.0519. The van der Waals surface area contributed by atoms with E-state index in [2.05, 4.69) is 36.7 Å². The molecule has 0 aromatic rings. The van der Waals surface area contributed by atoms with E-state index < -0.39 is 5.60 Å². The predicted molar refractivity (Wildman–Crippen MR) is 92.7 cm³/mol. The van der Waals surface area contributed by atoms with E-state index in [1.54, 1.807) is 0 Å². The Morgan fingerprint density at radius 2 is 1.78 bits per heavy atom. The Kier molecular flexibility index (Phi) is 7.29. The Morgan fingerprint density at radius 3 is 2.30 bits per heavy atom. The Balaban J connectivity index is 2.41. The van der Waals surface area contributed by atoms with Crippen LogP contribution in [0.2, 0.25) is 0 Å². The largest absolute Gasteiger partial charge is 0.444 e. The average Bonchev–Trinajstić information content (AvgIpc) is 2.33. The first-order valence-electron chi connectivity index (χ1n) is 8.61. The van der Waals surface area contributed by atoms with Gasteiger partial charge in [0.05, 0.1) is 18.2 Å². The molecule has 3 N–H and O–H groups in total. The summed E-state index contributed by atoms with van der Waals surface area (Å²) in [4.78, 5) is 11.9. The van der Waals surface area contributed by atoms with Crippen molar-refractivity contribution < 1.29 is 14.3 Å². The number of hydrogen-bond acceptors (Lipinski definition) is 5. The van der Waals surface area contributed by atoms with Crippen LogP contribution in [0.3, 0.4) is 0 Å². The highest BCUT2D eigenvalue weighted by Crippen LogP contribution is 2.25. The number of alkyl carbamates (subject to hydrolysis) is 1. The SMILES string of the molecule is CCOC1CC(NC(=O)OC(C)(C)C)C1NCCNC(C)(C)C. The summed E-state index contributed by atoms with van der Waals surface area (Å²) in [5.74, 6) is 0. The molecule has 1 aliphatic carbocycles. The molecule has 0 spiro atoms. The third-order valence-electron chi connectivity index (χ3n) is 3.56. The fraction of sp³-hybridized carbons (Fsp3) is 0.941. The van der Waals surface area contributed by atoms with Crippen molar-refractivity contribution in [1.29, 1.82) is 0 Å². The normalized spacial score (nSPS) is 24.9. The van der Waals surface area contributed by atoms with E-state index in [1.165, 1.54) is 0 Å². The van der Waals surface area contributed by atoms with E-state index in [0.717, 1.165) is 19.5 Å². The maximum atomic E-state index is 11.9. The zero-order valence-corrected chi connectivity index (χ0v) is 15.8. The van der Waals surface area contributed by atoms with Crippen molar-refractivity contribution in [2.75, 3.05) is 19.7 Å². The maximum absolute atomic E-state index is 11.9. The van der Waals surface area contributed by atoms with Crippen molar-refractivity contribution in [3.05, 3.63) is 0 Å². The molecule has 6 heteroatoms. The predicted octanol–water partition coefficient (Wildman–Crippen LogP) is 2.03. The van der Waals surface area contributed by atoms with E-state index in [-0.39, 0.29) is 29.8 Å². The van der Waals surface area contributed by atoms with Crippen molar-refractivity contribution in [3.63, 3.8) is 0 Å². The van der Waals surface area contributed by atoms with Gasteiger partial charge in [0.2, 0.25) is 0 Å². The van der Waals surface area contributed by atoms with Gasteiger partial charge in [-0.3, -0.25) is 0 Å².